The lowest BCUT2D eigenvalue weighted by atomic mass is 10.0. The van der Waals surface area contributed by atoms with Crippen molar-refractivity contribution in [3.63, 3.8) is 0 Å². The summed E-state index contributed by atoms with van der Waals surface area (Å²) < 4.78 is 0. The van der Waals surface area contributed by atoms with Gasteiger partial charge in [-0.3, -0.25) is 5.32 Å². The number of rotatable bonds is 2. The maximum absolute atomic E-state index is 11.5. The lowest BCUT2D eigenvalue weighted by Gasteiger charge is -2.07. The first-order valence-corrected chi connectivity index (χ1v) is 6.92. The van der Waals surface area contributed by atoms with E-state index in [-0.39, 0.29) is 5.56 Å². The minimum absolute atomic E-state index is 0.134. The third-order valence-corrected chi connectivity index (χ3v) is 3.28. The molecule has 2 aromatic rings. The van der Waals surface area contributed by atoms with Crippen LogP contribution < -0.4 is 5.32 Å². The summed E-state index contributed by atoms with van der Waals surface area (Å²) in [6, 6.07) is 10.7. The highest BCUT2D eigenvalue weighted by Crippen LogP contribution is 2.29. The summed E-state index contributed by atoms with van der Waals surface area (Å²) in [7, 11) is 0. The Morgan fingerprint density at radius 1 is 1.35 bits per heavy atom. The van der Waals surface area contributed by atoms with E-state index >= 15 is 0 Å². The van der Waals surface area contributed by atoms with Crippen LogP contribution in [0.15, 0.2) is 41.4 Å². The van der Waals surface area contributed by atoms with Gasteiger partial charge in [-0.15, -0.1) is 0 Å². The van der Waals surface area contributed by atoms with E-state index in [9.17, 15) is 9.90 Å². The summed E-state index contributed by atoms with van der Waals surface area (Å²) in [5.74, 6) is -1.04. The van der Waals surface area contributed by atoms with Crippen molar-refractivity contribution < 1.29 is 9.90 Å². The summed E-state index contributed by atoms with van der Waals surface area (Å²) in [6.45, 7) is 0. The zero-order valence-corrected chi connectivity index (χ0v) is 11.4. The van der Waals surface area contributed by atoms with Crippen LogP contribution in [0.5, 0.6) is 0 Å². The number of thioether (sulfide) groups is 1. The van der Waals surface area contributed by atoms with Crippen molar-refractivity contribution in [2.75, 3.05) is 6.26 Å². The van der Waals surface area contributed by atoms with E-state index in [1.54, 1.807) is 30.6 Å². The summed E-state index contributed by atoms with van der Waals surface area (Å²) in [4.78, 5) is 15.7. The van der Waals surface area contributed by atoms with Crippen LogP contribution in [0.2, 0.25) is 0 Å². The average Bonchev–Trinajstić information content (AvgIpc) is 2.46. The van der Waals surface area contributed by atoms with Crippen molar-refractivity contribution in [1.82, 2.24) is 5.32 Å². The zero-order chi connectivity index (χ0) is 14.5. The topological polar surface area (TPSA) is 85.5 Å². The van der Waals surface area contributed by atoms with Gasteiger partial charge in [-0.2, -0.15) is 5.26 Å². The molecule has 0 saturated carbocycles. The van der Waals surface area contributed by atoms with Gasteiger partial charge in [0.2, 0.25) is 0 Å². The molecule has 2 aromatic carbocycles. The molecule has 0 aromatic heterocycles. The number of carbonyl (C=O) groups is 1. The largest absolute Gasteiger partial charge is 0.478 e. The number of hydrogen-bond donors (Lipinski definition) is 2. The molecule has 0 bridgehead atoms. The Bertz CT molecular complexity index is 735. The van der Waals surface area contributed by atoms with E-state index in [2.05, 4.69) is 10.3 Å². The Labute approximate surface area is 119 Å². The van der Waals surface area contributed by atoms with Gasteiger partial charge < -0.3 is 5.11 Å². The second-order valence-corrected chi connectivity index (χ2v) is 4.64. The molecule has 0 spiro atoms. The number of nitriles is 1. The van der Waals surface area contributed by atoms with Crippen molar-refractivity contribution in [2.24, 2.45) is 4.99 Å². The minimum Gasteiger partial charge on any atom is -0.478 e. The van der Waals surface area contributed by atoms with Crippen LogP contribution >= 0.6 is 11.8 Å². The first kappa shape index (κ1) is 13.9. The molecular formula is C14H11N3O2S. The van der Waals surface area contributed by atoms with Gasteiger partial charge in [-0.1, -0.05) is 42.1 Å². The number of nitrogens with zero attached hydrogens (tertiary/aromatic N) is 2. The molecule has 0 aliphatic heterocycles. The highest BCUT2D eigenvalue weighted by molar-refractivity contribution is 8.13. The Kier molecular flexibility index (Phi) is 4.23. The Balaban J connectivity index is 2.68. The molecule has 0 atom stereocenters. The Morgan fingerprint density at radius 3 is 2.75 bits per heavy atom. The number of fused-ring (bicyclic) bond motifs is 1. The highest BCUT2D eigenvalue weighted by atomic mass is 32.2. The van der Waals surface area contributed by atoms with Crippen LogP contribution in [-0.4, -0.2) is 22.5 Å². The van der Waals surface area contributed by atoms with Crippen molar-refractivity contribution in [3.05, 3.63) is 42.0 Å². The molecule has 0 aliphatic carbocycles. The molecule has 5 nitrogen and oxygen atoms in total. The fourth-order valence-electron chi connectivity index (χ4n) is 1.86. The van der Waals surface area contributed by atoms with Gasteiger partial charge in [0.1, 0.15) is 0 Å². The summed E-state index contributed by atoms with van der Waals surface area (Å²) in [5.41, 5.74) is 0.456. The normalized spacial score (nSPS) is 11.1. The standard InChI is InChI=1S/C14H11N3O2S/c1-20-14(16-8-15)17-11-7-6-9-4-2-3-5-10(9)12(11)13(18)19/h2-7H,1H3,(H,16,17)(H,18,19). The number of carboxylic acids is 1. The molecule has 0 saturated heterocycles. The van der Waals surface area contributed by atoms with Crippen LogP contribution in [-0.2, 0) is 0 Å². The lowest BCUT2D eigenvalue weighted by molar-refractivity contribution is 0.0700. The number of benzene rings is 2. The zero-order valence-electron chi connectivity index (χ0n) is 10.6. The lowest BCUT2D eigenvalue weighted by Crippen LogP contribution is -2.13. The Morgan fingerprint density at radius 2 is 2.10 bits per heavy atom. The molecule has 20 heavy (non-hydrogen) atoms. The Hall–Kier alpha value is -2.52. The first-order chi connectivity index (χ1) is 9.67. The van der Waals surface area contributed by atoms with Crippen LogP contribution in [0, 0.1) is 11.5 Å². The number of aromatic carboxylic acids is 1. The van der Waals surface area contributed by atoms with Crippen LogP contribution in [0.4, 0.5) is 5.69 Å². The van der Waals surface area contributed by atoms with Gasteiger partial charge in [-0.05, 0) is 23.1 Å². The van der Waals surface area contributed by atoms with Gasteiger partial charge in [0.25, 0.3) is 0 Å². The maximum atomic E-state index is 11.5. The van der Waals surface area contributed by atoms with Crippen LogP contribution in [0.1, 0.15) is 10.4 Å². The summed E-state index contributed by atoms with van der Waals surface area (Å²) in [6.07, 6.45) is 3.53. The number of hydrogen-bond acceptors (Lipinski definition) is 4. The molecule has 0 fully saturated rings. The second kappa shape index (κ2) is 6.08. The van der Waals surface area contributed by atoms with Crippen molar-refractivity contribution in [1.29, 1.82) is 5.26 Å². The highest BCUT2D eigenvalue weighted by Gasteiger charge is 2.14. The second-order valence-electron chi connectivity index (χ2n) is 3.84. The predicted molar refractivity (Wildman–Crippen MR) is 80.3 cm³/mol. The van der Waals surface area contributed by atoms with E-state index in [1.165, 1.54) is 11.8 Å². The SMILES string of the molecule is CSC(=Nc1ccc2ccccc2c1C(=O)O)NC#N. The van der Waals surface area contributed by atoms with Crippen molar-refractivity contribution in [2.45, 2.75) is 0 Å². The van der Waals surface area contributed by atoms with E-state index in [1.807, 2.05) is 18.2 Å². The van der Waals surface area contributed by atoms with Crippen molar-refractivity contribution in [3.8, 4) is 6.19 Å². The molecular weight excluding hydrogens is 274 g/mol. The maximum Gasteiger partial charge on any atom is 0.338 e. The molecule has 0 heterocycles. The predicted octanol–water partition coefficient (Wildman–Crippen LogP) is 2.96. The van der Waals surface area contributed by atoms with Gasteiger partial charge in [0.15, 0.2) is 11.4 Å². The summed E-state index contributed by atoms with van der Waals surface area (Å²) in [5, 5.41) is 22.3. The monoisotopic (exact) mass is 285 g/mol. The van der Waals surface area contributed by atoms with Crippen molar-refractivity contribution >= 4 is 39.4 Å². The van der Waals surface area contributed by atoms with E-state index in [0.717, 1.165) is 5.39 Å². The molecule has 100 valence electrons. The fraction of sp³-hybridized carbons (Fsp3) is 0.0714. The molecule has 0 aliphatic rings. The number of carboxylic acid groups (broad SMARTS) is 1. The third-order valence-electron chi connectivity index (χ3n) is 2.70. The summed E-state index contributed by atoms with van der Waals surface area (Å²) >= 11 is 1.24. The molecule has 2 N–H and O–H groups in total. The molecule has 0 amide bonds. The van der Waals surface area contributed by atoms with E-state index < -0.39 is 5.97 Å². The fourth-order valence-corrected chi connectivity index (χ4v) is 2.20. The third kappa shape index (κ3) is 2.73. The molecule has 2 rings (SSSR count). The van der Waals surface area contributed by atoms with Crippen LogP contribution in [0.25, 0.3) is 10.8 Å². The smallest absolute Gasteiger partial charge is 0.338 e. The minimum atomic E-state index is -1.04. The average molecular weight is 285 g/mol. The number of amidine groups is 1. The van der Waals surface area contributed by atoms with E-state index in [0.29, 0.717) is 16.2 Å². The van der Waals surface area contributed by atoms with Gasteiger partial charge in [0.05, 0.1) is 11.3 Å². The first-order valence-electron chi connectivity index (χ1n) is 5.70. The van der Waals surface area contributed by atoms with Gasteiger partial charge >= 0.3 is 5.97 Å². The van der Waals surface area contributed by atoms with Gasteiger partial charge in [-0.25, -0.2) is 9.79 Å². The molecule has 6 heteroatoms. The number of nitrogens with one attached hydrogen (secondary N) is 1. The number of aliphatic imine (C=N–C) groups is 1. The van der Waals surface area contributed by atoms with Crippen LogP contribution in [0.3, 0.4) is 0 Å². The van der Waals surface area contributed by atoms with E-state index in [4.69, 9.17) is 5.26 Å². The molecule has 0 unspecified atom stereocenters. The quantitative estimate of drug-likeness (QED) is 0.383. The molecule has 0 radical (unpaired) electrons. The van der Waals surface area contributed by atoms with Gasteiger partial charge in [0, 0.05) is 0 Å².